The number of rotatable bonds is 4. The van der Waals surface area contributed by atoms with Gasteiger partial charge in [0.25, 0.3) is 0 Å². The average Bonchev–Trinajstić information content (AvgIpc) is 3.33. The normalized spacial score (nSPS) is 16.3. The van der Waals surface area contributed by atoms with E-state index in [1.165, 1.54) is 0 Å². The molecule has 1 unspecified atom stereocenters. The summed E-state index contributed by atoms with van der Waals surface area (Å²) in [6.45, 7) is 12.8. The van der Waals surface area contributed by atoms with E-state index >= 15 is 0 Å². The van der Waals surface area contributed by atoms with Crippen LogP contribution in [0.1, 0.15) is 45.4 Å². The van der Waals surface area contributed by atoms with Crippen molar-refractivity contribution in [1.82, 2.24) is 19.9 Å². The fraction of sp³-hybridized carbons (Fsp3) is 0.440. The number of carbonyl (C=O) groups is 2. The monoisotopic (exact) mass is 448 g/mol. The molecule has 1 aromatic carbocycles. The van der Waals surface area contributed by atoms with Crippen molar-refractivity contribution in [2.24, 2.45) is 5.41 Å². The van der Waals surface area contributed by atoms with Crippen molar-refractivity contribution in [2.45, 2.75) is 54.0 Å². The predicted molar refractivity (Wildman–Crippen MR) is 130 cm³/mol. The van der Waals surface area contributed by atoms with Gasteiger partial charge in [-0.3, -0.25) is 9.59 Å². The molecule has 0 radical (unpaired) electrons. The molecule has 2 N–H and O–H groups in total. The number of fused-ring (bicyclic) bond motifs is 1. The number of imidazole rings is 1. The molecular formula is C25H32N6O2. The first kappa shape index (κ1) is 22.8. The van der Waals surface area contributed by atoms with Crippen LogP contribution in [0.15, 0.2) is 30.3 Å². The molecule has 1 aliphatic heterocycles. The van der Waals surface area contributed by atoms with Gasteiger partial charge in [-0.05, 0) is 44.0 Å². The summed E-state index contributed by atoms with van der Waals surface area (Å²) in [5.41, 5.74) is 4.78. The minimum atomic E-state index is -0.476. The van der Waals surface area contributed by atoms with Crippen molar-refractivity contribution in [1.29, 1.82) is 0 Å². The standard InChI is InChI=1S/C25H32N6O2/c1-15-7-8-18(13-20(15)27-24(33)25(4,5)6)23-16(2)31-21(28-23)9-10-22(29-31)30-12-11-19(14-30)26-17(3)32/h7-10,13,19H,11-12,14H2,1-6H3,(H,26,32)(H,27,33). The summed E-state index contributed by atoms with van der Waals surface area (Å²) in [5, 5.41) is 10.9. The first-order valence-corrected chi connectivity index (χ1v) is 11.3. The molecule has 3 heterocycles. The van der Waals surface area contributed by atoms with E-state index < -0.39 is 5.41 Å². The van der Waals surface area contributed by atoms with E-state index in [4.69, 9.17) is 10.1 Å². The van der Waals surface area contributed by atoms with Gasteiger partial charge in [-0.25, -0.2) is 9.50 Å². The van der Waals surface area contributed by atoms with Crippen LogP contribution in [0, 0.1) is 19.3 Å². The Labute approximate surface area is 194 Å². The van der Waals surface area contributed by atoms with Gasteiger partial charge < -0.3 is 15.5 Å². The maximum Gasteiger partial charge on any atom is 0.229 e. The number of nitrogens with zero attached hydrogens (tertiary/aromatic N) is 4. The van der Waals surface area contributed by atoms with E-state index in [9.17, 15) is 9.59 Å². The molecule has 0 bridgehead atoms. The third-order valence-electron chi connectivity index (χ3n) is 6.05. The lowest BCUT2D eigenvalue weighted by Crippen LogP contribution is -2.35. The van der Waals surface area contributed by atoms with E-state index in [2.05, 4.69) is 15.5 Å². The molecule has 8 nitrogen and oxygen atoms in total. The van der Waals surface area contributed by atoms with Crippen LogP contribution < -0.4 is 15.5 Å². The molecule has 2 aromatic heterocycles. The van der Waals surface area contributed by atoms with Crippen molar-refractivity contribution in [3.05, 3.63) is 41.6 Å². The SMILES string of the molecule is CC(=O)NC1CCN(c2ccc3nc(-c4ccc(C)c(NC(=O)C(C)(C)C)c4)c(C)n3n2)C1. The predicted octanol–water partition coefficient (Wildman–Crippen LogP) is 3.71. The second kappa shape index (κ2) is 8.50. The highest BCUT2D eigenvalue weighted by Gasteiger charge is 2.25. The summed E-state index contributed by atoms with van der Waals surface area (Å²) in [5.74, 6) is 0.838. The Balaban J connectivity index is 1.63. The van der Waals surface area contributed by atoms with Crippen molar-refractivity contribution < 1.29 is 9.59 Å². The Morgan fingerprint density at radius 2 is 1.88 bits per heavy atom. The maximum atomic E-state index is 12.5. The largest absolute Gasteiger partial charge is 0.353 e. The number of carbonyl (C=O) groups excluding carboxylic acids is 2. The quantitative estimate of drug-likeness (QED) is 0.635. The van der Waals surface area contributed by atoms with Crippen molar-refractivity contribution in [2.75, 3.05) is 23.3 Å². The highest BCUT2D eigenvalue weighted by Crippen LogP contribution is 2.30. The molecule has 4 rings (SSSR count). The van der Waals surface area contributed by atoms with E-state index in [0.29, 0.717) is 0 Å². The van der Waals surface area contributed by atoms with Crippen molar-refractivity contribution >= 4 is 29.0 Å². The third kappa shape index (κ3) is 4.69. The van der Waals surface area contributed by atoms with Gasteiger partial charge in [0.2, 0.25) is 11.8 Å². The van der Waals surface area contributed by atoms with Gasteiger partial charge in [-0.1, -0.05) is 32.9 Å². The first-order valence-electron chi connectivity index (χ1n) is 11.3. The van der Waals surface area contributed by atoms with Gasteiger partial charge in [0.05, 0.1) is 11.4 Å². The molecule has 33 heavy (non-hydrogen) atoms. The fourth-order valence-electron chi connectivity index (χ4n) is 4.06. The van der Waals surface area contributed by atoms with E-state index in [-0.39, 0.29) is 17.9 Å². The highest BCUT2D eigenvalue weighted by molar-refractivity contribution is 5.95. The molecule has 1 fully saturated rings. The van der Waals surface area contributed by atoms with Gasteiger partial charge >= 0.3 is 0 Å². The Hall–Kier alpha value is -3.42. The van der Waals surface area contributed by atoms with Crippen LogP contribution in [-0.4, -0.2) is 45.5 Å². The van der Waals surface area contributed by atoms with Crippen LogP contribution in [-0.2, 0) is 9.59 Å². The van der Waals surface area contributed by atoms with Gasteiger partial charge in [0.1, 0.15) is 5.82 Å². The number of nitrogens with one attached hydrogen (secondary N) is 2. The van der Waals surface area contributed by atoms with E-state index in [1.807, 2.05) is 69.5 Å². The minimum Gasteiger partial charge on any atom is -0.353 e. The topological polar surface area (TPSA) is 91.6 Å². The third-order valence-corrected chi connectivity index (χ3v) is 6.05. The highest BCUT2D eigenvalue weighted by atomic mass is 16.2. The zero-order valence-electron chi connectivity index (χ0n) is 20.2. The summed E-state index contributed by atoms with van der Waals surface area (Å²) in [4.78, 5) is 30.9. The smallest absolute Gasteiger partial charge is 0.229 e. The van der Waals surface area contributed by atoms with E-state index in [0.717, 1.165) is 59.2 Å². The Morgan fingerprint density at radius 3 is 2.58 bits per heavy atom. The molecule has 3 aromatic rings. The summed E-state index contributed by atoms with van der Waals surface area (Å²) in [6, 6.07) is 10.1. The molecule has 0 spiro atoms. The molecule has 0 saturated carbocycles. The van der Waals surface area contributed by atoms with Gasteiger partial charge in [-0.2, -0.15) is 0 Å². The number of benzene rings is 1. The molecule has 1 atom stereocenters. The summed E-state index contributed by atoms with van der Waals surface area (Å²) < 4.78 is 1.86. The molecular weight excluding hydrogens is 416 g/mol. The number of hydrogen-bond acceptors (Lipinski definition) is 5. The maximum absolute atomic E-state index is 12.5. The van der Waals surface area contributed by atoms with Crippen LogP contribution in [0.5, 0.6) is 0 Å². The van der Waals surface area contributed by atoms with Crippen LogP contribution in [0.4, 0.5) is 11.5 Å². The Morgan fingerprint density at radius 1 is 1.12 bits per heavy atom. The second-order valence-corrected chi connectivity index (χ2v) is 9.87. The molecule has 8 heteroatoms. The Kier molecular flexibility index (Phi) is 5.86. The molecule has 1 aliphatic rings. The molecule has 1 saturated heterocycles. The number of amides is 2. The molecule has 174 valence electrons. The lowest BCUT2D eigenvalue weighted by molar-refractivity contribution is -0.123. The van der Waals surface area contributed by atoms with Crippen LogP contribution in [0.25, 0.3) is 16.9 Å². The van der Waals surface area contributed by atoms with Crippen LogP contribution in [0.2, 0.25) is 0 Å². The van der Waals surface area contributed by atoms with Crippen molar-refractivity contribution in [3.63, 3.8) is 0 Å². The molecule has 2 amide bonds. The number of anilines is 2. The average molecular weight is 449 g/mol. The minimum absolute atomic E-state index is 0.00323. The second-order valence-electron chi connectivity index (χ2n) is 9.87. The summed E-state index contributed by atoms with van der Waals surface area (Å²) in [7, 11) is 0. The first-order chi connectivity index (χ1) is 15.5. The summed E-state index contributed by atoms with van der Waals surface area (Å²) in [6.07, 6.45) is 0.903. The number of aromatic nitrogens is 3. The van der Waals surface area contributed by atoms with Gasteiger partial charge in [0.15, 0.2) is 5.65 Å². The van der Waals surface area contributed by atoms with Gasteiger partial charge in [0, 0.05) is 42.7 Å². The zero-order valence-corrected chi connectivity index (χ0v) is 20.2. The molecule has 0 aliphatic carbocycles. The fourth-order valence-corrected chi connectivity index (χ4v) is 4.06. The van der Waals surface area contributed by atoms with Crippen LogP contribution >= 0.6 is 0 Å². The van der Waals surface area contributed by atoms with Gasteiger partial charge in [-0.15, -0.1) is 5.10 Å². The number of aryl methyl sites for hydroxylation is 2. The van der Waals surface area contributed by atoms with Crippen LogP contribution in [0.3, 0.4) is 0 Å². The Bertz CT molecular complexity index is 1220. The van der Waals surface area contributed by atoms with Crippen molar-refractivity contribution in [3.8, 4) is 11.3 Å². The number of hydrogen-bond donors (Lipinski definition) is 2. The lowest BCUT2D eigenvalue weighted by Gasteiger charge is -2.19. The lowest BCUT2D eigenvalue weighted by atomic mass is 9.95. The zero-order chi connectivity index (χ0) is 23.9. The van der Waals surface area contributed by atoms with E-state index in [1.54, 1.807) is 6.92 Å². The summed E-state index contributed by atoms with van der Waals surface area (Å²) >= 11 is 0.